The van der Waals surface area contributed by atoms with Crippen molar-refractivity contribution in [3.8, 4) is 0 Å². The maximum Gasteiger partial charge on any atom is 0.156 e. The molecule has 6 heteroatoms. The van der Waals surface area contributed by atoms with Crippen LogP contribution in [0.25, 0.3) is 0 Å². The van der Waals surface area contributed by atoms with Crippen molar-refractivity contribution in [3.63, 3.8) is 0 Å². The predicted molar refractivity (Wildman–Crippen MR) is 74.6 cm³/mol. The SMILES string of the molecule is CC(C)(C)[S@](=O)N=Cc1ccc(Br)c(F)c1Cl. The molecule has 0 aromatic heterocycles. The summed E-state index contributed by atoms with van der Waals surface area (Å²) in [5.74, 6) is -0.544. The molecule has 0 saturated heterocycles. The summed E-state index contributed by atoms with van der Waals surface area (Å²) < 4.78 is 28.8. The Morgan fingerprint density at radius 3 is 2.59 bits per heavy atom. The fraction of sp³-hybridized carbons (Fsp3) is 0.364. The first-order chi connectivity index (χ1) is 7.73. The summed E-state index contributed by atoms with van der Waals surface area (Å²) in [6.45, 7) is 5.43. The highest BCUT2D eigenvalue weighted by Gasteiger charge is 2.18. The Morgan fingerprint density at radius 1 is 1.47 bits per heavy atom. The Labute approximate surface area is 116 Å². The second kappa shape index (κ2) is 5.59. The molecule has 1 atom stereocenters. The van der Waals surface area contributed by atoms with Gasteiger partial charge in [-0.3, -0.25) is 0 Å². The van der Waals surface area contributed by atoms with Gasteiger partial charge in [0.05, 0.1) is 14.2 Å². The molecule has 0 saturated carbocycles. The van der Waals surface area contributed by atoms with Crippen molar-refractivity contribution in [2.24, 2.45) is 4.40 Å². The molecule has 0 radical (unpaired) electrons. The van der Waals surface area contributed by atoms with E-state index in [1.165, 1.54) is 12.3 Å². The van der Waals surface area contributed by atoms with Crippen molar-refractivity contribution in [1.82, 2.24) is 0 Å². The van der Waals surface area contributed by atoms with Gasteiger partial charge in [0.2, 0.25) is 0 Å². The summed E-state index contributed by atoms with van der Waals surface area (Å²) in [5.41, 5.74) is 0.407. The van der Waals surface area contributed by atoms with E-state index in [0.717, 1.165) is 0 Å². The predicted octanol–water partition coefficient (Wildman–Crippen LogP) is 4.12. The molecule has 1 rings (SSSR count). The van der Waals surface area contributed by atoms with Gasteiger partial charge in [-0.1, -0.05) is 17.7 Å². The van der Waals surface area contributed by atoms with Crippen LogP contribution < -0.4 is 0 Å². The Morgan fingerprint density at radius 2 is 2.06 bits per heavy atom. The van der Waals surface area contributed by atoms with Crippen LogP contribution in [0.2, 0.25) is 5.02 Å². The van der Waals surface area contributed by atoms with Crippen molar-refractivity contribution in [2.75, 3.05) is 0 Å². The average molecular weight is 341 g/mol. The van der Waals surface area contributed by atoms with E-state index in [0.29, 0.717) is 5.56 Å². The molecule has 17 heavy (non-hydrogen) atoms. The fourth-order valence-electron chi connectivity index (χ4n) is 0.903. The van der Waals surface area contributed by atoms with Gasteiger partial charge < -0.3 is 0 Å². The van der Waals surface area contributed by atoms with Crippen LogP contribution in [0.4, 0.5) is 4.39 Å². The maximum absolute atomic E-state index is 13.4. The van der Waals surface area contributed by atoms with Gasteiger partial charge in [0.15, 0.2) is 5.82 Å². The normalized spacial score (nSPS) is 14.2. The summed E-state index contributed by atoms with van der Waals surface area (Å²) in [6.07, 6.45) is 1.33. The largest absolute Gasteiger partial charge is 0.234 e. The topological polar surface area (TPSA) is 29.4 Å². The van der Waals surface area contributed by atoms with E-state index in [4.69, 9.17) is 11.6 Å². The van der Waals surface area contributed by atoms with Gasteiger partial charge in [-0.15, -0.1) is 0 Å². The highest BCUT2D eigenvalue weighted by atomic mass is 79.9. The molecule has 0 fully saturated rings. The van der Waals surface area contributed by atoms with Gasteiger partial charge in [-0.2, -0.15) is 4.40 Å². The lowest BCUT2D eigenvalue weighted by Crippen LogP contribution is -2.19. The van der Waals surface area contributed by atoms with Crippen LogP contribution in [-0.2, 0) is 11.0 Å². The van der Waals surface area contributed by atoms with E-state index in [-0.39, 0.29) is 9.50 Å². The molecule has 0 aliphatic carbocycles. The summed E-state index contributed by atoms with van der Waals surface area (Å²) in [6, 6.07) is 3.14. The molecule has 0 amide bonds. The molecule has 0 aliphatic heterocycles. The quantitative estimate of drug-likeness (QED) is 0.588. The second-order valence-electron chi connectivity index (χ2n) is 4.36. The Kier molecular flexibility index (Phi) is 4.86. The summed E-state index contributed by atoms with van der Waals surface area (Å²) in [4.78, 5) is 0. The van der Waals surface area contributed by atoms with E-state index < -0.39 is 21.5 Å². The van der Waals surface area contributed by atoms with Crippen molar-refractivity contribution >= 4 is 44.7 Å². The Bertz CT molecular complexity index is 485. The van der Waals surface area contributed by atoms with Crippen LogP contribution in [0.1, 0.15) is 26.3 Å². The van der Waals surface area contributed by atoms with Crippen molar-refractivity contribution in [3.05, 3.63) is 33.0 Å². The van der Waals surface area contributed by atoms with E-state index in [2.05, 4.69) is 20.3 Å². The zero-order chi connectivity index (χ0) is 13.2. The summed E-state index contributed by atoms with van der Waals surface area (Å²) >= 11 is 8.83. The number of halogens is 3. The van der Waals surface area contributed by atoms with E-state index in [9.17, 15) is 8.60 Å². The molecule has 1 aromatic carbocycles. The molecule has 1 aromatic rings. The van der Waals surface area contributed by atoms with Crippen molar-refractivity contribution in [1.29, 1.82) is 0 Å². The number of hydrogen-bond acceptors (Lipinski definition) is 1. The third-order valence-corrected chi connectivity index (χ3v) is 4.22. The molecule has 0 aliphatic rings. The molecule has 0 unspecified atom stereocenters. The molecular weight excluding hydrogens is 329 g/mol. The van der Waals surface area contributed by atoms with Crippen LogP contribution in [0.15, 0.2) is 21.0 Å². The molecular formula is C11H12BrClFNOS. The highest BCUT2D eigenvalue weighted by molar-refractivity contribution is 9.10. The van der Waals surface area contributed by atoms with Gasteiger partial charge in [0, 0.05) is 11.8 Å². The number of nitrogens with zero attached hydrogens (tertiary/aromatic N) is 1. The summed E-state index contributed by atoms with van der Waals surface area (Å²) in [7, 11) is -1.38. The second-order valence-corrected chi connectivity index (χ2v) is 7.53. The molecule has 0 N–H and O–H groups in total. The summed E-state index contributed by atoms with van der Waals surface area (Å²) in [5, 5.41) is -0.0333. The van der Waals surface area contributed by atoms with Crippen LogP contribution in [0, 0.1) is 5.82 Å². The first-order valence-corrected chi connectivity index (χ1v) is 7.11. The number of rotatable bonds is 2. The lowest BCUT2D eigenvalue weighted by molar-refractivity contribution is 0.621. The first kappa shape index (κ1) is 14.8. The van der Waals surface area contributed by atoms with Gasteiger partial charge in [0.25, 0.3) is 0 Å². The van der Waals surface area contributed by atoms with Crippen molar-refractivity contribution < 1.29 is 8.60 Å². The van der Waals surface area contributed by atoms with Crippen LogP contribution in [-0.4, -0.2) is 15.2 Å². The van der Waals surface area contributed by atoms with Gasteiger partial charge in [-0.25, -0.2) is 8.60 Å². The average Bonchev–Trinajstić information content (AvgIpc) is 2.23. The van der Waals surface area contributed by atoms with Gasteiger partial charge >= 0.3 is 0 Å². The lowest BCUT2D eigenvalue weighted by atomic mass is 10.2. The number of benzene rings is 1. The standard InChI is InChI=1S/C11H12BrClFNOS/c1-11(2,3)17(16)15-6-7-4-5-8(12)10(14)9(7)13/h4-6H,1-3H3/t17-/m0/s1. The zero-order valence-corrected chi connectivity index (χ0v) is 12.8. The van der Waals surface area contributed by atoms with E-state index in [1.54, 1.807) is 6.07 Å². The van der Waals surface area contributed by atoms with E-state index in [1.807, 2.05) is 20.8 Å². The third-order valence-electron chi connectivity index (χ3n) is 1.88. The minimum atomic E-state index is -1.38. The molecule has 94 valence electrons. The molecule has 2 nitrogen and oxygen atoms in total. The van der Waals surface area contributed by atoms with Crippen LogP contribution in [0.5, 0.6) is 0 Å². The van der Waals surface area contributed by atoms with Crippen LogP contribution in [0.3, 0.4) is 0 Å². The first-order valence-electron chi connectivity index (χ1n) is 4.83. The Balaban J connectivity index is 3.02. The smallest absolute Gasteiger partial charge is 0.156 e. The van der Waals surface area contributed by atoms with Gasteiger partial charge in [-0.05, 0) is 42.8 Å². The molecule has 0 bridgehead atoms. The number of hydrogen-bond donors (Lipinski definition) is 0. The van der Waals surface area contributed by atoms with Gasteiger partial charge in [0.1, 0.15) is 11.0 Å². The monoisotopic (exact) mass is 339 g/mol. The minimum absolute atomic E-state index is 0.0333. The fourth-order valence-corrected chi connectivity index (χ4v) is 2.09. The van der Waals surface area contributed by atoms with Crippen LogP contribution >= 0.6 is 27.5 Å². The van der Waals surface area contributed by atoms with Crippen molar-refractivity contribution in [2.45, 2.75) is 25.5 Å². The lowest BCUT2D eigenvalue weighted by Gasteiger charge is -2.12. The Hall–Kier alpha value is -0.260. The maximum atomic E-state index is 13.4. The minimum Gasteiger partial charge on any atom is -0.234 e. The van der Waals surface area contributed by atoms with E-state index >= 15 is 0 Å². The third kappa shape index (κ3) is 3.86. The molecule has 0 heterocycles. The molecule has 0 spiro atoms. The highest BCUT2D eigenvalue weighted by Crippen LogP contribution is 2.26. The zero-order valence-electron chi connectivity index (χ0n) is 9.63.